The van der Waals surface area contributed by atoms with Gasteiger partial charge in [0.2, 0.25) is 15.9 Å². The fourth-order valence-electron chi connectivity index (χ4n) is 1.88. The van der Waals surface area contributed by atoms with Crippen LogP contribution in [0, 0.1) is 0 Å². The number of hydrogen-bond acceptors (Lipinski definition) is 3. The Balaban J connectivity index is 2.53. The van der Waals surface area contributed by atoms with Crippen LogP contribution in [0.5, 0.6) is 0 Å². The zero-order valence-corrected chi connectivity index (χ0v) is 13.6. The molecule has 0 heterocycles. The zero-order valence-electron chi connectivity index (χ0n) is 12.1. The van der Waals surface area contributed by atoms with Crippen molar-refractivity contribution in [3.63, 3.8) is 0 Å². The standard InChI is InChI=1S/C14H21ClN2O3S/c1-2-3-4-5-6-7-14(18)17-13-9-8-11(10-12(13)15)21(16,19)20/h8-10H,2-7H2,1H3,(H,17,18)(H2,16,19,20). The fraction of sp³-hybridized carbons (Fsp3) is 0.500. The lowest BCUT2D eigenvalue weighted by Gasteiger charge is -2.08. The summed E-state index contributed by atoms with van der Waals surface area (Å²) in [5.74, 6) is -0.128. The van der Waals surface area contributed by atoms with E-state index < -0.39 is 10.0 Å². The molecule has 0 aromatic heterocycles. The van der Waals surface area contributed by atoms with E-state index in [1.54, 1.807) is 0 Å². The second-order valence-electron chi connectivity index (χ2n) is 4.90. The molecule has 0 spiro atoms. The van der Waals surface area contributed by atoms with Gasteiger partial charge in [0.1, 0.15) is 0 Å². The Hall–Kier alpha value is -1.11. The molecule has 1 aromatic rings. The molecule has 0 atom stereocenters. The Morgan fingerprint density at radius 1 is 1.24 bits per heavy atom. The topological polar surface area (TPSA) is 89.3 Å². The Morgan fingerprint density at radius 2 is 1.90 bits per heavy atom. The quantitative estimate of drug-likeness (QED) is 0.716. The van der Waals surface area contributed by atoms with Crippen LogP contribution in [-0.2, 0) is 14.8 Å². The lowest BCUT2D eigenvalue weighted by Crippen LogP contribution is -2.14. The molecular weight excluding hydrogens is 312 g/mol. The molecular formula is C14H21ClN2O3S. The van der Waals surface area contributed by atoms with Gasteiger partial charge in [0.25, 0.3) is 0 Å². The molecule has 0 bridgehead atoms. The minimum absolute atomic E-state index is 0.0786. The van der Waals surface area contributed by atoms with Crippen LogP contribution in [0.15, 0.2) is 23.1 Å². The lowest BCUT2D eigenvalue weighted by atomic mass is 10.1. The Labute approximate surface area is 130 Å². The van der Waals surface area contributed by atoms with Crippen LogP contribution in [0.25, 0.3) is 0 Å². The molecule has 0 radical (unpaired) electrons. The van der Waals surface area contributed by atoms with E-state index in [-0.39, 0.29) is 15.8 Å². The first-order chi connectivity index (χ1) is 9.84. The first-order valence-corrected chi connectivity index (χ1v) is 8.89. The van der Waals surface area contributed by atoms with E-state index in [2.05, 4.69) is 12.2 Å². The van der Waals surface area contributed by atoms with Crippen LogP contribution in [0.2, 0.25) is 5.02 Å². The van der Waals surface area contributed by atoms with Gasteiger partial charge in [0.15, 0.2) is 0 Å². The van der Waals surface area contributed by atoms with Crippen LogP contribution in [-0.4, -0.2) is 14.3 Å². The summed E-state index contributed by atoms with van der Waals surface area (Å²) in [6.45, 7) is 2.14. The monoisotopic (exact) mass is 332 g/mol. The summed E-state index contributed by atoms with van der Waals surface area (Å²) in [5.41, 5.74) is 0.391. The van der Waals surface area contributed by atoms with Crippen molar-refractivity contribution in [2.75, 3.05) is 5.32 Å². The zero-order chi connectivity index (χ0) is 15.9. The number of nitrogens with two attached hydrogens (primary N) is 1. The van der Waals surface area contributed by atoms with E-state index >= 15 is 0 Å². The number of amides is 1. The van der Waals surface area contributed by atoms with Gasteiger partial charge in [-0.25, -0.2) is 13.6 Å². The lowest BCUT2D eigenvalue weighted by molar-refractivity contribution is -0.116. The van der Waals surface area contributed by atoms with E-state index in [1.807, 2.05) is 0 Å². The minimum Gasteiger partial charge on any atom is -0.325 e. The van der Waals surface area contributed by atoms with E-state index in [9.17, 15) is 13.2 Å². The summed E-state index contributed by atoms with van der Waals surface area (Å²) in [6.07, 6.45) is 5.77. The number of primary sulfonamides is 1. The first-order valence-electron chi connectivity index (χ1n) is 6.96. The molecule has 3 N–H and O–H groups in total. The summed E-state index contributed by atoms with van der Waals surface area (Å²) < 4.78 is 22.4. The first kappa shape index (κ1) is 17.9. The maximum atomic E-state index is 11.8. The summed E-state index contributed by atoms with van der Waals surface area (Å²) in [5, 5.41) is 7.84. The number of rotatable bonds is 8. The van der Waals surface area contributed by atoms with E-state index in [4.69, 9.17) is 16.7 Å². The Bertz CT molecular complexity index is 588. The number of halogens is 1. The molecule has 0 unspecified atom stereocenters. The van der Waals surface area contributed by atoms with E-state index in [0.717, 1.165) is 25.7 Å². The second-order valence-corrected chi connectivity index (χ2v) is 6.87. The third-order valence-electron chi connectivity index (χ3n) is 3.05. The maximum Gasteiger partial charge on any atom is 0.238 e. The Morgan fingerprint density at radius 3 is 2.48 bits per heavy atom. The summed E-state index contributed by atoms with van der Waals surface area (Å²) in [6, 6.07) is 3.99. The summed E-state index contributed by atoms with van der Waals surface area (Å²) >= 11 is 5.95. The highest BCUT2D eigenvalue weighted by Crippen LogP contribution is 2.25. The number of hydrogen-bond donors (Lipinski definition) is 2. The molecule has 0 aliphatic rings. The van der Waals surface area contributed by atoms with Gasteiger partial charge in [-0.2, -0.15) is 0 Å². The van der Waals surface area contributed by atoms with Crippen LogP contribution in [0.4, 0.5) is 5.69 Å². The number of carbonyl (C=O) groups excluding carboxylic acids is 1. The van der Waals surface area contributed by atoms with Crippen molar-refractivity contribution in [3.05, 3.63) is 23.2 Å². The summed E-state index contributed by atoms with van der Waals surface area (Å²) in [4.78, 5) is 11.7. The smallest absolute Gasteiger partial charge is 0.238 e. The van der Waals surface area contributed by atoms with Gasteiger partial charge in [-0.15, -0.1) is 0 Å². The highest BCUT2D eigenvalue weighted by molar-refractivity contribution is 7.89. The maximum absolute atomic E-state index is 11.8. The van der Waals surface area contributed by atoms with Gasteiger partial charge in [-0.3, -0.25) is 4.79 Å². The van der Waals surface area contributed by atoms with Crippen molar-refractivity contribution in [2.24, 2.45) is 5.14 Å². The van der Waals surface area contributed by atoms with Crippen LogP contribution in [0.1, 0.15) is 45.4 Å². The van der Waals surface area contributed by atoms with Gasteiger partial charge in [-0.1, -0.05) is 44.2 Å². The van der Waals surface area contributed by atoms with Crippen LogP contribution >= 0.6 is 11.6 Å². The number of unbranched alkanes of at least 4 members (excludes halogenated alkanes) is 4. The third-order valence-corrected chi connectivity index (χ3v) is 4.27. The third kappa shape index (κ3) is 6.46. The molecule has 0 aliphatic heterocycles. The largest absolute Gasteiger partial charge is 0.325 e. The molecule has 0 aliphatic carbocycles. The molecule has 1 aromatic carbocycles. The summed E-state index contributed by atoms with van der Waals surface area (Å²) in [7, 11) is -3.79. The number of sulfonamides is 1. The van der Waals surface area contributed by atoms with Gasteiger partial charge in [-0.05, 0) is 24.6 Å². The molecule has 0 saturated carbocycles. The Kier molecular flexibility index (Phi) is 7.14. The molecule has 1 amide bonds. The van der Waals surface area contributed by atoms with E-state index in [1.165, 1.54) is 24.6 Å². The predicted octanol–water partition coefficient (Wildman–Crippen LogP) is 3.29. The molecule has 21 heavy (non-hydrogen) atoms. The minimum atomic E-state index is -3.79. The SMILES string of the molecule is CCCCCCCC(=O)Nc1ccc(S(N)(=O)=O)cc1Cl. The number of nitrogens with one attached hydrogen (secondary N) is 1. The molecule has 5 nitrogen and oxygen atoms in total. The number of carbonyl (C=O) groups is 1. The second kappa shape index (κ2) is 8.36. The van der Waals surface area contributed by atoms with Crippen molar-refractivity contribution < 1.29 is 13.2 Å². The highest BCUT2D eigenvalue weighted by Gasteiger charge is 2.12. The molecule has 7 heteroatoms. The van der Waals surface area contributed by atoms with Gasteiger partial charge >= 0.3 is 0 Å². The van der Waals surface area contributed by atoms with Gasteiger partial charge in [0.05, 0.1) is 15.6 Å². The molecule has 0 fully saturated rings. The van der Waals surface area contributed by atoms with Crippen molar-refractivity contribution >= 4 is 33.2 Å². The average molecular weight is 333 g/mol. The fourth-order valence-corrected chi connectivity index (χ4v) is 2.71. The highest BCUT2D eigenvalue weighted by atomic mass is 35.5. The van der Waals surface area contributed by atoms with Crippen molar-refractivity contribution in [1.82, 2.24) is 0 Å². The van der Waals surface area contributed by atoms with Crippen molar-refractivity contribution in [3.8, 4) is 0 Å². The molecule has 0 saturated heterocycles. The predicted molar refractivity (Wildman–Crippen MR) is 84.8 cm³/mol. The van der Waals surface area contributed by atoms with Crippen molar-refractivity contribution in [1.29, 1.82) is 0 Å². The van der Waals surface area contributed by atoms with Gasteiger partial charge in [0, 0.05) is 6.42 Å². The van der Waals surface area contributed by atoms with Crippen molar-refractivity contribution in [2.45, 2.75) is 50.3 Å². The van der Waals surface area contributed by atoms with Crippen LogP contribution in [0.3, 0.4) is 0 Å². The average Bonchev–Trinajstić information content (AvgIpc) is 2.39. The molecule has 1 rings (SSSR count). The van der Waals surface area contributed by atoms with Gasteiger partial charge < -0.3 is 5.32 Å². The van der Waals surface area contributed by atoms with E-state index in [0.29, 0.717) is 12.1 Å². The normalized spacial score (nSPS) is 11.4. The number of benzene rings is 1. The molecule has 118 valence electrons. The number of anilines is 1. The van der Waals surface area contributed by atoms with Crippen LogP contribution < -0.4 is 10.5 Å².